The molecule has 3 rings (SSSR count). The molecule has 1 aliphatic rings. The summed E-state index contributed by atoms with van der Waals surface area (Å²) in [5, 5.41) is 15.1. The first-order valence-corrected chi connectivity index (χ1v) is 11.2. The van der Waals surface area contributed by atoms with Gasteiger partial charge in [0.15, 0.2) is 0 Å². The van der Waals surface area contributed by atoms with Crippen LogP contribution in [0, 0.1) is 18.3 Å². The first-order valence-electron chi connectivity index (χ1n) is 11.2. The molecule has 3 heterocycles. The van der Waals surface area contributed by atoms with Crippen molar-refractivity contribution in [3.8, 4) is 11.8 Å². The van der Waals surface area contributed by atoms with Crippen LogP contribution in [0.15, 0.2) is 29.3 Å². The van der Waals surface area contributed by atoms with Gasteiger partial charge in [-0.3, -0.25) is 9.59 Å². The number of hydrogen-bond acceptors (Lipinski definition) is 9. The summed E-state index contributed by atoms with van der Waals surface area (Å²) in [6.07, 6.45) is 3.02. The fourth-order valence-electron chi connectivity index (χ4n) is 3.63. The van der Waals surface area contributed by atoms with Gasteiger partial charge in [-0.25, -0.2) is 10.1 Å². The Morgan fingerprint density at radius 1 is 1.26 bits per heavy atom. The predicted octanol–water partition coefficient (Wildman–Crippen LogP) is 0.410. The SMILES string of the molecule is Cc1c(OC(COCCC(=O)N2CCN(c3ccc(C#N)cn3)CC2)CN(C)C)cn[nH]c1=O. The van der Waals surface area contributed by atoms with E-state index < -0.39 is 0 Å². The Hall–Kier alpha value is -3.49. The number of pyridine rings is 1. The number of anilines is 1. The topological polar surface area (TPSA) is 128 Å². The highest BCUT2D eigenvalue weighted by Crippen LogP contribution is 2.15. The Balaban J connectivity index is 1.42. The Morgan fingerprint density at radius 2 is 2.03 bits per heavy atom. The van der Waals surface area contributed by atoms with Gasteiger partial charge in [-0.05, 0) is 33.2 Å². The molecular weight excluding hydrogens is 438 g/mol. The Labute approximate surface area is 198 Å². The molecule has 1 unspecified atom stereocenters. The maximum Gasteiger partial charge on any atom is 0.270 e. The van der Waals surface area contributed by atoms with Gasteiger partial charge >= 0.3 is 0 Å². The number of ether oxygens (including phenoxy) is 2. The number of piperazine rings is 1. The van der Waals surface area contributed by atoms with Crippen molar-refractivity contribution in [1.82, 2.24) is 25.0 Å². The Morgan fingerprint density at radius 3 is 2.68 bits per heavy atom. The van der Waals surface area contributed by atoms with Gasteiger partial charge in [0.05, 0.1) is 37.0 Å². The van der Waals surface area contributed by atoms with Gasteiger partial charge in [-0.1, -0.05) is 0 Å². The molecule has 0 aromatic carbocycles. The van der Waals surface area contributed by atoms with E-state index in [1.54, 1.807) is 19.2 Å². The van der Waals surface area contributed by atoms with Crippen molar-refractivity contribution in [2.24, 2.45) is 0 Å². The van der Waals surface area contributed by atoms with Crippen molar-refractivity contribution in [1.29, 1.82) is 5.26 Å². The fraction of sp³-hybridized carbons (Fsp3) is 0.522. The molecule has 1 N–H and O–H groups in total. The number of carbonyl (C=O) groups is 1. The van der Waals surface area contributed by atoms with Crippen molar-refractivity contribution < 1.29 is 14.3 Å². The molecule has 1 saturated heterocycles. The van der Waals surface area contributed by atoms with Crippen LogP contribution in [0.25, 0.3) is 0 Å². The van der Waals surface area contributed by atoms with Crippen LogP contribution in [0.5, 0.6) is 5.75 Å². The number of nitrogens with zero attached hydrogens (tertiary/aromatic N) is 6. The first-order chi connectivity index (χ1) is 16.4. The normalized spacial score (nSPS) is 14.7. The highest BCUT2D eigenvalue weighted by molar-refractivity contribution is 5.76. The summed E-state index contributed by atoms with van der Waals surface area (Å²) in [6.45, 7) is 5.45. The van der Waals surface area contributed by atoms with Crippen molar-refractivity contribution >= 4 is 11.7 Å². The van der Waals surface area contributed by atoms with E-state index in [0.29, 0.717) is 49.6 Å². The largest absolute Gasteiger partial charge is 0.484 e. The first kappa shape index (κ1) is 25.1. The van der Waals surface area contributed by atoms with Gasteiger partial charge in [0.1, 0.15) is 23.7 Å². The number of aromatic amines is 1. The minimum Gasteiger partial charge on any atom is -0.484 e. The second-order valence-corrected chi connectivity index (χ2v) is 8.40. The van der Waals surface area contributed by atoms with E-state index >= 15 is 0 Å². The Bertz CT molecular complexity index is 1040. The number of hydrogen-bond donors (Lipinski definition) is 1. The molecular formula is C23H31N7O4. The number of amides is 1. The highest BCUT2D eigenvalue weighted by Gasteiger charge is 2.22. The summed E-state index contributed by atoms with van der Waals surface area (Å²) < 4.78 is 11.7. The van der Waals surface area contributed by atoms with Gasteiger partial charge in [-0.2, -0.15) is 10.4 Å². The number of nitriles is 1. The number of nitrogens with one attached hydrogen (secondary N) is 1. The molecule has 11 nitrogen and oxygen atoms in total. The number of aromatic nitrogens is 3. The van der Waals surface area contributed by atoms with Gasteiger partial charge in [0, 0.05) is 38.9 Å². The molecule has 0 saturated carbocycles. The average molecular weight is 470 g/mol. The van der Waals surface area contributed by atoms with Gasteiger partial charge in [0.25, 0.3) is 5.56 Å². The molecule has 1 aliphatic heterocycles. The molecule has 1 atom stereocenters. The lowest BCUT2D eigenvalue weighted by atomic mass is 10.2. The second kappa shape index (κ2) is 12.1. The number of rotatable bonds is 10. The molecule has 0 spiro atoms. The summed E-state index contributed by atoms with van der Waals surface area (Å²) in [6, 6.07) is 5.64. The lowest BCUT2D eigenvalue weighted by molar-refractivity contribution is -0.132. The van der Waals surface area contributed by atoms with E-state index in [4.69, 9.17) is 14.7 Å². The van der Waals surface area contributed by atoms with Crippen LogP contribution in [0.4, 0.5) is 5.82 Å². The monoisotopic (exact) mass is 469 g/mol. The summed E-state index contributed by atoms with van der Waals surface area (Å²) in [5.41, 5.74) is 0.701. The molecule has 2 aromatic rings. The summed E-state index contributed by atoms with van der Waals surface area (Å²) in [4.78, 5) is 34.6. The molecule has 1 fully saturated rings. The van der Waals surface area contributed by atoms with Crippen molar-refractivity contribution in [2.75, 3.05) is 64.9 Å². The quantitative estimate of drug-likeness (QED) is 0.492. The fourth-order valence-corrected chi connectivity index (χ4v) is 3.63. The predicted molar refractivity (Wildman–Crippen MR) is 126 cm³/mol. The minimum atomic E-state index is -0.309. The van der Waals surface area contributed by atoms with Crippen molar-refractivity contribution in [3.63, 3.8) is 0 Å². The maximum atomic E-state index is 12.6. The van der Waals surface area contributed by atoms with Crippen molar-refractivity contribution in [3.05, 3.63) is 46.0 Å². The third-order valence-electron chi connectivity index (χ3n) is 5.52. The zero-order valence-corrected chi connectivity index (χ0v) is 19.9. The van der Waals surface area contributed by atoms with E-state index in [1.165, 1.54) is 6.20 Å². The van der Waals surface area contributed by atoms with Crippen LogP contribution in [-0.4, -0.2) is 97.0 Å². The highest BCUT2D eigenvalue weighted by atomic mass is 16.5. The maximum absolute atomic E-state index is 12.6. The third kappa shape index (κ3) is 7.00. The number of carbonyl (C=O) groups excluding carboxylic acids is 1. The lowest BCUT2D eigenvalue weighted by Crippen LogP contribution is -2.49. The lowest BCUT2D eigenvalue weighted by Gasteiger charge is -2.35. The van der Waals surface area contributed by atoms with Gasteiger partial charge in [-0.15, -0.1) is 0 Å². The molecule has 11 heteroatoms. The summed E-state index contributed by atoms with van der Waals surface area (Å²) >= 11 is 0. The van der Waals surface area contributed by atoms with E-state index in [9.17, 15) is 9.59 Å². The zero-order valence-electron chi connectivity index (χ0n) is 19.9. The molecule has 182 valence electrons. The van der Waals surface area contributed by atoms with Crippen LogP contribution in [-0.2, 0) is 9.53 Å². The van der Waals surface area contributed by atoms with Crippen LogP contribution < -0.4 is 15.2 Å². The second-order valence-electron chi connectivity index (χ2n) is 8.40. The zero-order chi connectivity index (χ0) is 24.5. The Kier molecular flexibility index (Phi) is 8.95. The van der Waals surface area contributed by atoms with E-state index in [0.717, 1.165) is 5.82 Å². The summed E-state index contributed by atoms with van der Waals surface area (Å²) in [5.74, 6) is 1.28. The van der Waals surface area contributed by atoms with E-state index in [-0.39, 0.29) is 37.2 Å². The van der Waals surface area contributed by atoms with Gasteiger partial charge in [0.2, 0.25) is 5.91 Å². The third-order valence-corrected chi connectivity index (χ3v) is 5.52. The van der Waals surface area contributed by atoms with Crippen LogP contribution in [0.2, 0.25) is 0 Å². The summed E-state index contributed by atoms with van der Waals surface area (Å²) in [7, 11) is 3.85. The molecule has 0 aliphatic carbocycles. The smallest absolute Gasteiger partial charge is 0.270 e. The van der Waals surface area contributed by atoms with Crippen LogP contribution in [0.3, 0.4) is 0 Å². The van der Waals surface area contributed by atoms with Crippen molar-refractivity contribution in [2.45, 2.75) is 19.4 Å². The minimum absolute atomic E-state index is 0.0483. The van der Waals surface area contributed by atoms with E-state index in [1.807, 2.05) is 30.0 Å². The molecule has 1 amide bonds. The standard InChI is InChI=1S/C23H31N7O4/c1-17-20(14-26-27-23(17)32)34-19(15-28(2)3)16-33-11-6-22(31)30-9-7-29(8-10-30)21-5-4-18(12-24)13-25-21/h4-5,13-14,19H,6-11,15-16H2,1-3H3,(H,27,32). The number of likely N-dealkylation sites (N-methyl/N-ethyl adjacent to an activating group) is 1. The van der Waals surface area contributed by atoms with E-state index in [2.05, 4.69) is 26.2 Å². The van der Waals surface area contributed by atoms with Crippen LogP contribution in [0.1, 0.15) is 17.5 Å². The van der Waals surface area contributed by atoms with Gasteiger partial charge < -0.3 is 24.2 Å². The number of H-pyrrole nitrogens is 1. The molecule has 34 heavy (non-hydrogen) atoms. The average Bonchev–Trinajstić information content (AvgIpc) is 2.84. The van der Waals surface area contributed by atoms with Crippen LogP contribution >= 0.6 is 0 Å². The molecule has 2 aromatic heterocycles. The molecule has 0 bridgehead atoms. The molecule has 0 radical (unpaired) electrons.